The SMILES string of the molecule is Fc1cc(Br)cc(F)c1NCCOC(F)(F)F. The molecule has 2 nitrogen and oxygen atoms in total. The standard InChI is InChI=1S/C9H7BrF5NO/c10-5-3-6(11)8(7(12)4-5)16-1-2-17-9(13,14)15/h3-4,16H,1-2H2. The molecule has 0 bridgehead atoms. The van der Waals surface area contributed by atoms with Gasteiger partial charge in [0.15, 0.2) is 0 Å². The number of hydrogen-bond acceptors (Lipinski definition) is 2. The number of benzene rings is 1. The predicted octanol–water partition coefficient (Wildman–Crippen LogP) is 3.68. The molecule has 0 aliphatic heterocycles. The second-order valence-electron chi connectivity index (χ2n) is 2.97. The maximum Gasteiger partial charge on any atom is 0.522 e. The zero-order valence-corrected chi connectivity index (χ0v) is 9.83. The molecule has 0 aromatic heterocycles. The molecule has 0 spiro atoms. The van der Waals surface area contributed by atoms with Gasteiger partial charge in [0, 0.05) is 11.0 Å². The van der Waals surface area contributed by atoms with Crippen LogP contribution in [0.3, 0.4) is 0 Å². The van der Waals surface area contributed by atoms with E-state index in [1.807, 2.05) is 0 Å². The third kappa shape index (κ3) is 4.86. The summed E-state index contributed by atoms with van der Waals surface area (Å²) in [6, 6.07) is 1.99. The van der Waals surface area contributed by atoms with E-state index >= 15 is 0 Å². The van der Waals surface area contributed by atoms with Crippen LogP contribution in [0.25, 0.3) is 0 Å². The molecule has 0 aliphatic rings. The molecule has 0 unspecified atom stereocenters. The number of anilines is 1. The predicted molar refractivity (Wildman–Crippen MR) is 54.6 cm³/mol. The Morgan fingerprint density at radius 2 is 1.71 bits per heavy atom. The largest absolute Gasteiger partial charge is 0.522 e. The monoisotopic (exact) mass is 319 g/mol. The topological polar surface area (TPSA) is 21.3 Å². The maximum absolute atomic E-state index is 13.2. The zero-order valence-electron chi connectivity index (χ0n) is 8.24. The Kier molecular flexibility index (Phi) is 4.70. The van der Waals surface area contributed by atoms with Gasteiger partial charge in [-0.2, -0.15) is 0 Å². The van der Waals surface area contributed by atoms with Crippen molar-refractivity contribution in [2.75, 3.05) is 18.5 Å². The van der Waals surface area contributed by atoms with Gasteiger partial charge in [0.2, 0.25) is 0 Å². The van der Waals surface area contributed by atoms with Crippen molar-refractivity contribution in [2.24, 2.45) is 0 Å². The van der Waals surface area contributed by atoms with E-state index in [9.17, 15) is 22.0 Å². The molecule has 1 aromatic carbocycles. The maximum atomic E-state index is 13.2. The number of hydrogen-bond donors (Lipinski definition) is 1. The molecule has 96 valence electrons. The Morgan fingerprint density at radius 1 is 1.18 bits per heavy atom. The number of ether oxygens (including phenoxy) is 1. The van der Waals surface area contributed by atoms with Crippen LogP contribution in [0.1, 0.15) is 0 Å². The van der Waals surface area contributed by atoms with Crippen molar-refractivity contribution in [3.05, 3.63) is 28.2 Å². The summed E-state index contributed by atoms with van der Waals surface area (Å²) in [6.07, 6.45) is -4.75. The number of halogens is 6. The normalized spacial score (nSPS) is 11.6. The fourth-order valence-corrected chi connectivity index (χ4v) is 1.46. The van der Waals surface area contributed by atoms with E-state index in [2.05, 4.69) is 26.0 Å². The lowest BCUT2D eigenvalue weighted by Crippen LogP contribution is -2.19. The van der Waals surface area contributed by atoms with Crippen LogP contribution in [-0.2, 0) is 4.74 Å². The van der Waals surface area contributed by atoms with Crippen molar-refractivity contribution in [1.82, 2.24) is 0 Å². The second kappa shape index (κ2) is 5.63. The molecule has 0 amide bonds. The lowest BCUT2D eigenvalue weighted by Gasteiger charge is -2.10. The summed E-state index contributed by atoms with van der Waals surface area (Å²) in [6.45, 7) is -1.10. The summed E-state index contributed by atoms with van der Waals surface area (Å²) >= 11 is 2.87. The van der Waals surface area contributed by atoms with E-state index in [0.29, 0.717) is 0 Å². The summed E-state index contributed by atoms with van der Waals surface area (Å²) in [5, 5.41) is 2.19. The van der Waals surface area contributed by atoms with Gasteiger partial charge in [-0.15, -0.1) is 13.2 Å². The highest BCUT2D eigenvalue weighted by Crippen LogP contribution is 2.23. The van der Waals surface area contributed by atoms with E-state index in [-0.39, 0.29) is 11.0 Å². The van der Waals surface area contributed by atoms with E-state index < -0.39 is 30.3 Å². The Bertz CT molecular complexity index is 372. The smallest absolute Gasteiger partial charge is 0.378 e. The van der Waals surface area contributed by atoms with Gasteiger partial charge in [0.05, 0.1) is 6.61 Å². The van der Waals surface area contributed by atoms with Crippen molar-refractivity contribution in [2.45, 2.75) is 6.36 Å². The molecule has 0 saturated heterocycles. The minimum Gasteiger partial charge on any atom is -0.378 e. The molecule has 0 fully saturated rings. The fraction of sp³-hybridized carbons (Fsp3) is 0.333. The second-order valence-corrected chi connectivity index (χ2v) is 3.88. The Morgan fingerprint density at radius 3 is 2.18 bits per heavy atom. The third-order valence-corrected chi connectivity index (χ3v) is 2.13. The highest BCUT2D eigenvalue weighted by molar-refractivity contribution is 9.10. The average Bonchev–Trinajstić information content (AvgIpc) is 2.13. The average molecular weight is 320 g/mol. The fourth-order valence-electron chi connectivity index (χ4n) is 1.05. The number of alkyl halides is 3. The lowest BCUT2D eigenvalue weighted by molar-refractivity contribution is -0.322. The molecule has 0 radical (unpaired) electrons. The van der Waals surface area contributed by atoms with Gasteiger partial charge in [-0.1, -0.05) is 15.9 Å². The third-order valence-electron chi connectivity index (χ3n) is 1.68. The van der Waals surface area contributed by atoms with Crippen molar-refractivity contribution in [3.63, 3.8) is 0 Å². The summed E-state index contributed by atoms with van der Waals surface area (Å²) < 4.78 is 64.8. The van der Waals surface area contributed by atoms with Crippen LogP contribution in [0.2, 0.25) is 0 Å². The summed E-state index contributed by atoms with van der Waals surface area (Å²) in [5.41, 5.74) is -0.487. The highest BCUT2D eigenvalue weighted by atomic mass is 79.9. The van der Waals surface area contributed by atoms with Gasteiger partial charge < -0.3 is 5.32 Å². The van der Waals surface area contributed by atoms with Crippen LogP contribution >= 0.6 is 15.9 Å². The first-order valence-electron chi connectivity index (χ1n) is 4.38. The Labute approximate surface area is 102 Å². The first-order valence-corrected chi connectivity index (χ1v) is 5.18. The summed E-state index contributed by atoms with van der Waals surface area (Å²) in [7, 11) is 0. The van der Waals surface area contributed by atoms with Crippen LogP contribution in [0, 0.1) is 11.6 Å². The van der Waals surface area contributed by atoms with Crippen LogP contribution < -0.4 is 5.32 Å². The van der Waals surface area contributed by atoms with Gasteiger partial charge in [-0.05, 0) is 12.1 Å². The van der Waals surface area contributed by atoms with Gasteiger partial charge in [-0.3, -0.25) is 4.74 Å². The van der Waals surface area contributed by atoms with Crippen LogP contribution in [0.15, 0.2) is 16.6 Å². The number of nitrogens with one attached hydrogen (secondary N) is 1. The van der Waals surface area contributed by atoms with Crippen LogP contribution in [0.4, 0.5) is 27.6 Å². The lowest BCUT2D eigenvalue weighted by atomic mass is 10.3. The molecule has 0 atom stereocenters. The number of rotatable bonds is 4. The molecular weight excluding hydrogens is 313 g/mol. The molecule has 17 heavy (non-hydrogen) atoms. The van der Waals surface area contributed by atoms with E-state index in [4.69, 9.17) is 0 Å². The Balaban J connectivity index is 2.53. The van der Waals surface area contributed by atoms with Crippen LogP contribution in [-0.4, -0.2) is 19.5 Å². The molecular formula is C9H7BrF5NO. The van der Waals surface area contributed by atoms with Crippen molar-refractivity contribution in [1.29, 1.82) is 0 Å². The highest BCUT2D eigenvalue weighted by Gasteiger charge is 2.28. The molecule has 0 saturated carbocycles. The van der Waals surface area contributed by atoms with Crippen LogP contribution in [0.5, 0.6) is 0 Å². The van der Waals surface area contributed by atoms with Gasteiger partial charge in [0.25, 0.3) is 0 Å². The first-order chi connectivity index (χ1) is 7.79. The van der Waals surface area contributed by atoms with Crippen molar-refractivity contribution >= 4 is 21.6 Å². The molecule has 0 aliphatic carbocycles. The summed E-state index contributed by atoms with van der Waals surface area (Å²) in [5.74, 6) is -1.80. The molecule has 0 heterocycles. The van der Waals surface area contributed by atoms with Gasteiger partial charge in [-0.25, -0.2) is 8.78 Å². The summed E-state index contributed by atoms with van der Waals surface area (Å²) in [4.78, 5) is 0. The van der Waals surface area contributed by atoms with E-state index in [0.717, 1.165) is 12.1 Å². The van der Waals surface area contributed by atoms with Crippen molar-refractivity contribution < 1.29 is 26.7 Å². The Hall–Kier alpha value is -0.890. The van der Waals surface area contributed by atoms with Crippen molar-refractivity contribution in [3.8, 4) is 0 Å². The molecule has 8 heteroatoms. The quantitative estimate of drug-likeness (QED) is 0.675. The van der Waals surface area contributed by atoms with Gasteiger partial charge in [0.1, 0.15) is 17.3 Å². The van der Waals surface area contributed by atoms with Gasteiger partial charge >= 0.3 is 6.36 Å². The molecule has 1 rings (SSSR count). The first kappa shape index (κ1) is 14.2. The minimum absolute atomic E-state index is 0.199. The zero-order chi connectivity index (χ0) is 13.1. The minimum atomic E-state index is -4.75. The van der Waals surface area contributed by atoms with E-state index in [1.54, 1.807) is 0 Å². The molecule has 1 N–H and O–H groups in total. The van der Waals surface area contributed by atoms with E-state index in [1.165, 1.54) is 0 Å². The molecule has 1 aromatic rings.